The molecule has 3 rings (SSSR count). The van der Waals surface area contributed by atoms with Crippen LogP contribution in [0.2, 0.25) is 0 Å². The Morgan fingerprint density at radius 3 is 2.55 bits per heavy atom. The van der Waals surface area contributed by atoms with Crippen LogP contribution in [0.25, 0.3) is 0 Å². The minimum Gasteiger partial charge on any atom is -0.434 e. The molecule has 33 heavy (non-hydrogen) atoms. The molecule has 2 aliphatic rings. The van der Waals surface area contributed by atoms with Gasteiger partial charge < -0.3 is 31.1 Å². The van der Waals surface area contributed by atoms with Gasteiger partial charge in [0.05, 0.1) is 23.9 Å². The van der Waals surface area contributed by atoms with Crippen LogP contribution in [0, 0.1) is 0 Å². The molecule has 1 fully saturated rings. The van der Waals surface area contributed by atoms with E-state index in [2.05, 4.69) is 15.4 Å². The molecule has 180 valence electrons. The number of nitrogens with two attached hydrogens (primary N) is 1. The maximum absolute atomic E-state index is 12.6. The Kier molecular flexibility index (Phi) is 7.84. The zero-order valence-corrected chi connectivity index (χ0v) is 19.0. The summed E-state index contributed by atoms with van der Waals surface area (Å²) in [5.74, 6) is -1.51. The third-order valence-corrected chi connectivity index (χ3v) is 6.51. The van der Waals surface area contributed by atoms with Crippen molar-refractivity contribution in [3.8, 4) is 0 Å². The lowest BCUT2D eigenvalue weighted by atomic mass is 10.1. The number of ether oxygens (including phenoxy) is 1. The zero-order chi connectivity index (χ0) is 24.2. The quantitative estimate of drug-likeness (QED) is 0.253. The minimum atomic E-state index is -3.25. The second kappa shape index (κ2) is 10.4. The van der Waals surface area contributed by atoms with Gasteiger partial charge >= 0.3 is 5.97 Å². The van der Waals surface area contributed by atoms with Crippen molar-refractivity contribution < 1.29 is 32.6 Å². The minimum absolute atomic E-state index is 0.138. The van der Waals surface area contributed by atoms with Crippen LogP contribution in [0.1, 0.15) is 18.4 Å². The number of esters is 1. The summed E-state index contributed by atoms with van der Waals surface area (Å²) in [5.41, 5.74) is 7.71. The van der Waals surface area contributed by atoms with Gasteiger partial charge in [-0.2, -0.15) is 0 Å². The fourth-order valence-corrected chi connectivity index (χ4v) is 4.22. The number of hydrogen-bond donors (Lipinski definition) is 4. The van der Waals surface area contributed by atoms with Crippen molar-refractivity contribution in [3.63, 3.8) is 0 Å². The first-order valence-electron chi connectivity index (χ1n) is 10.4. The average Bonchev–Trinajstić information content (AvgIpc) is 2.99. The molecule has 0 spiro atoms. The highest BCUT2D eigenvalue weighted by Crippen LogP contribution is 2.14. The molecule has 11 nitrogen and oxygen atoms in total. The molecule has 3 unspecified atom stereocenters. The number of cyclic esters (lactones) is 1. The van der Waals surface area contributed by atoms with Crippen molar-refractivity contribution in [3.05, 3.63) is 41.5 Å². The lowest BCUT2D eigenvalue weighted by molar-refractivity contribution is -0.155. The molecule has 0 bridgehead atoms. The zero-order valence-electron chi connectivity index (χ0n) is 18.2. The molecule has 3 atom stereocenters. The third kappa shape index (κ3) is 6.84. The molecule has 0 aliphatic carbocycles. The fraction of sp³-hybridized carbons (Fsp3) is 0.476. The van der Waals surface area contributed by atoms with E-state index in [1.165, 1.54) is 4.90 Å². The molecule has 12 heteroatoms. The summed E-state index contributed by atoms with van der Waals surface area (Å²) in [5, 5.41) is 15.4. The molecule has 0 aromatic heterocycles. The van der Waals surface area contributed by atoms with E-state index in [1.807, 2.05) is 6.08 Å². The highest BCUT2D eigenvalue weighted by molar-refractivity contribution is 7.90. The number of carbonyl (C=O) groups excluding carboxylic acids is 3. The van der Waals surface area contributed by atoms with Gasteiger partial charge in [-0.25, -0.2) is 8.42 Å². The van der Waals surface area contributed by atoms with Crippen LogP contribution < -0.4 is 16.4 Å². The summed E-state index contributed by atoms with van der Waals surface area (Å²) in [6, 6.07) is 4.93. The smallest absolute Gasteiger partial charge is 0.310 e. The summed E-state index contributed by atoms with van der Waals surface area (Å²) in [6.07, 6.45) is 1.81. The largest absolute Gasteiger partial charge is 0.434 e. The normalized spacial score (nSPS) is 23.7. The van der Waals surface area contributed by atoms with Crippen molar-refractivity contribution in [1.29, 1.82) is 0 Å². The lowest BCUT2D eigenvalue weighted by Gasteiger charge is -2.24. The number of nitrogens with zero attached hydrogens (tertiary/aromatic N) is 1. The van der Waals surface area contributed by atoms with Crippen LogP contribution in [0.15, 0.2) is 40.8 Å². The molecule has 2 heterocycles. The van der Waals surface area contributed by atoms with Gasteiger partial charge in [-0.1, -0.05) is 18.2 Å². The SMILES string of the molecule is CS(=O)(=O)c1ccc(CNCC2=CCC(N)C(=O)N(CC(=O)NC3CC(=O)OC3O)C2)cc1. The first kappa shape index (κ1) is 24.8. The molecule has 5 N–H and O–H groups in total. The van der Waals surface area contributed by atoms with Gasteiger partial charge in [0.15, 0.2) is 9.84 Å². The third-order valence-electron chi connectivity index (χ3n) is 5.38. The Morgan fingerprint density at radius 2 is 1.94 bits per heavy atom. The lowest BCUT2D eigenvalue weighted by Crippen LogP contribution is -2.50. The number of aliphatic hydroxyl groups is 1. The van der Waals surface area contributed by atoms with Crippen LogP contribution in [0.3, 0.4) is 0 Å². The van der Waals surface area contributed by atoms with E-state index in [1.54, 1.807) is 24.3 Å². The number of nitrogens with one attached hydrogen (secondary N) is 2. The molecule has 0 radical (unpaired) electrons. The van der Waals surface area contributed by atoms with E-state index in [4.69, 9.17) is 5.73 Å². The van der Waals surface area contributed by atoms with E-state index in [0.717, 1.165) is 17.4 Å². The summed E-state index contributed by atoms with van der Waals surface area (Å²) >= 11 is 0. The van der Waals surface area contributed by atoms with E-state index in [9.17, 15) is 27.9 Å². The summed E-state index contributed by atoms with van der Waals surface area (Å²) in [7, 11) is -3.25. The number of rotatable bonds is 8. The Morgan fingerprint density at radius 1 is 1.24 bits per heavy atom. The van der Waals surface area contributed by atoms with Gasteiger partial charge in [0.1, 0.15) is 6.04 Å². The molecule has 1 saturated heterocycles. The topological polar surface area (TPSA) is 168 Å². The number of carbonyl (C=O) groups is 3. The molecular weight excluding hydrogens is 452 g/mol. The van der Waals surface area contributed by atoms with Gasteiger partial charge in [-0.15, -0.1) is 0 Å². The van der Waals surface area contributed by atoms with Gasteiger partial charge in [-0.05, 0) is 29.7 Å². The molecular formula is C21H28N4O7S. The molecule has 0 saturated carbocycles. The van der Waals surface area contributed by atoms with E-state index >= 15 is 0 Å². The van der Waals surface area contributed by atoms with Crippen molar-refractivity contribution in [2.45, 2.75) is 42.7 Å². The predicted molar refractivity (Wildman–Crippen MR) is 117 cm³/mol. The van der Waals surface area contributed by atoms with Crippen LogP contribution in [-0.2, 0) is 35.5 Å². The average molecular weight is 481 g/mol. The van der Waals surface area contributed by atoms with E-state index in [0.29, 0.717) is 19.5 Å². The molecule has 1 aromatic carbocycles. The monoisotopic (exact) mass is 480 g/mol. The van der Waals surface area contributed by atoms with Crippen molar-refractivity contribution >= 4 is 27.6 Å². The summed E-state index contributed by atoms with van der Waals surface area (Å²) in [6.45, 7) is 0.849. The molecule has 2 aliphatic heterocycles. The first-order valence-corrected chi connectivity index (χ1v) is 12.3. The van der Waals surface area contributed by atoms with Gasteiger partial charge in [0.2, 0.25) is 18.1 Å². The van der Waals surface area contributed by atoms with Gasteiger partial charge in [0, 0.05) is 25.9 Å². The maximum atomic E-state index is 12.6. The Bertz CT molecular complexity index is 1040. The molecule has 2 amide bonds. The van der Waals surface area contributed by atoms with Crippen LogP contribution in [-0.4, -0.2) is 80.5 Å². The molecule has 1 aromatic rings. The van der Waals surface area contributed by atoms with Crippen LogP contribution in [0.4, 0.5) is 0 Å². The highest BCUT2D eigenvalue weighted by Gasteiger charge is 2.35. The van der Waals surface area contributed by atoms with Crippen molar-refractivity contribution in [2.75, 3.05) is 25.9 Å². The number of sulfone groups is 1. The van der Waals surface area contributed by atoms with Gasteiger partial charge in [-0.3, -0.25) is 14.4 Å². The van der Waals surface area contributed by atoms with E-state index in [-0.39, 0.29) is 30.3 Å². The number of benzene rings is 1. The summed E-state index contributed by atoms with van der Waals surface area (Å²) in [4.78, 5) is 37.8. The Hall–Kier alpha value is -2.80. The van der Waals surface area contributed by atoms with Crippen LogP contribution >= 0.6 is 0 Å². The maximum Gasteiger partial charge on any atom is 0.310 e. The fourth-order valence-electron chi connectivity index (χ4n) is 3.59. The second-order valence-electron chi connectivity index (χ2n) is 8.18. The number of amides is 2. The van der Waals surface area contributed by atoms with Crippen molar-refractivity contribution in [2.24, 2.45) is 5.73 Å². The van der Waals surface area contributed by atoms with Crippen LogP contribution in [0.5, 0.6) is 0 Å². The van der Waals surface area contributed by atoms with E-state index < -0.39 is 40.1 Å². The highest BCUT2D eigenvalue weighted by atomic mass is 32.2. The van der Waals surface area contributed by atoms with Gasteiger partial charge in [0.25, 0.3) is 0 Å². The predicted octanol–water partition coefficient (Wildman–Crippen LogP) is -1.58. The standard InChI is InChI=1S/C21H28N4O7S/c1-33(30,31)15-5-2-13(3-6-15)9-23-10-14-4-7-16(22)20(28)25(11-14)12-18(26)24-17-8-19(27)32-21(17)29/h2-6,16-17,21,23,29H,7-12,22H2,1H3,(H,24,26). The number of hydrogen-bond acceptors (Lipinski definition) is 9. The number of aliphatic hydroxyl groups excluding tert-OH is 1. The summed E-state index contributed by atoms with van der Waals surface area (Å²) < 4.78 is 27.7. The first-order chi connectivity index (χ1) is 15.5. The van der Waals surface area contributed by atoms with Crippen molar-refractivity contribution in [1.82, 2.24) is 15.5 Å². The Labute approximate surface area is 191 Å². The Balaban J connectivity index is 1.54. The second-order valence-corrected chi connectivity index (χ2v) is 10.2.